The number of halogens is 2. The molecule has 1 aliphatic rings. The molecule has 33 heavy (non-hydrogen) atoms. The number of nitrogens with one attached hydrogen (secondary N) is 1. The summed E-state index contributed by atoms with van der Waals surface area (Å²) in [5.41, 5.74) is 2.85. The van der Waals surface area contributed by atoms with Crippen LogP contribution in [-0.4, -0.2) is 56.6 Å². The second-order valence-corrected chi connectivity index (χ2v) is 8.39. The smallest absolute Gasteiger partial charge is 0.181 e. The van der Waals surface area contributed by atoms with Gasteiger partial charge in [0, 0.05) is 59.7 Å². The number of aromatic amines is 1. The van der Waals surface area contributed by atoms with Gasteiger partial charge in [0.2, 0.25) is 0 Å². The van der Waals surface area contributed by atoms with Crippen LogP contribution in [0.2, 0.25) is 0 Å². The fourth-order valence-corrected chi connectivity index (χ4v) is 4.50. The van der Waals surface area contributed by atoms with E-state index in [-0.39, 0.29) is 17.7 Å². The number of pyridine rings is 1. The molecule has 4 heterocycles. The van der Waals surface area contributed by atoms with Gasteiger partial charge in [0.15, 0.2) is 17.2 Å². The van der Waals surface area contributed by atoms with E-state index in [1.54, 1.807) is 6.20 Å². The molecule has 7 nitrogen and oxygen atoms in total. The lowest BCUT2D eigenvalue weighted by atomic mass is 10.0. The Balaban J connectivity index is 1.42. The number of rotatable bonds is 6. The van der Waals surface area contributed by atoms with Crippen molar-refractivity contribution in [1.82, 2.24) is 29.9 Å². The monoisotopic (exact) mass is 452 g/mol. The van der Waals surface area contributed by atoms with Gasteiger partial charge in [-0.05, 0) is 37.6 Å². The molecule has 0 saturated carbocycles. The SMILES string of the molecule is CCN1CCC(n2cc(-c3cnc4n[nH]c(Cc5c(F)ccc(OC)c5F)c4c3)cn2)CC1. The first-order valence-corrected chi connectivity index (χ1v) is 11.2. The number of H-pyrrole nitrogens is 1. The first-order chi connectivity index (χ1) is 16.1. The molecule has 1 fully saturated rings. The molecule has 0 aliphatic carbocycles. The molecule has 1 aromatic carbocycles. The highest BCUT2D eigenvalue weighted by atomic mass is 19.1. The van der Waals surface area contributed by atoms with Crippen molar-refractivity contribution in [3.8, 4) is 16.9 Å². The summed E-state index contributed by atoms with van der Waals surface area (Å²) in [7, 11) is 1.36. The minimum absolute atomic E-state index is 0.00572. The standard InChI is InChI=1S/C24H26F2N6O/c1-3-31-8-6-17(7-9-31)32-14-16(13-28-32)15-10-19-21(29-30-24(19)27-12-15)11-18-20(25)4-5-22(33-2)23(18)26/h4-5,10,12-14,17H,3,6-9,11H2,1-2H3,(H,27,29,30). The zero-order chi connectivity index (χ0) is 22.9. The van der Waals surface area contributed by atoms with Gasteiger partial charge < -0.3 is 9.64 Å². The number of ether oxygens (including phenoxy) is 1. The quantitative estimate of drug-likeness (QED) is 0.471. The third-order valence-electron chi connectivity index (χ3n) is 6.53. The lowest BCUT2D eigenvalue weighted by molar-refractivity contribution is 0.187. The predicted octanol–water partition coefficient (Wildman–Crippen LogP) is 4.36. The van der Waals surface area contributed by atoms with E-state index >= 15 is 0 Å². The van der Waals surface area contributed by atoms with Gasteiger partial charge in [-0.3, -0.25) is 9.78 Å². The van der Waals surface area contributed by atoms with Crippen molar-refractivity contribution in [3.63, 3.8) is 0 Å². The van der Waals surface area contributed by atoms with E-state index in [2.05, 4.69) is 38.3 Å². The van der Waals surface area contributed by atoms with Crippen LogP contribution in [0.25, 0.3) is 22.2 Å². The van der Waals surface area contributed by atoms with Gasteiger partial charge in [0.1, 0.15) is 5.82 Å². The summed E-state index contributed by atoms with van der Waals surface area (Å²) >= 11 is 0. The maximum atomic E-state index is 14.7. The molecule has 5 rings (SSSR count). The molecule has 3 aromatic heterocycles. The van der Waals surface area contributed by atoms with Crippen LogP contribution < -0.4 is 4.74 Å². The van der Waals surface area contributed by atoms with Crippen LogP contribution in [0.5, 0.6) is 5.75 Å². The number of hydrogen-bond acceptors (Lipinski definition) is 5. The highest BCUT2D eigenvalue weighted by Gasteiger charge is 2.21. The molecule has 9 heteroatoms. The molecule has 0 amide bonds. The number of hydrogen-bond donors (Lipinski definition) is 1. The van der Waals surface area contributed by atoms with Crippen LogP contribution in [0.15, 0.2) is 36.8 Å². The van der Waals surface area contributed by atoms with Gasteiger partial charge in [0.05, 0.1) is 19.3 Å². The van der Waals surface area contributed by atoms with Gasteiger partial charge >= 0.3 is 0 Å². The van der Waals surface area contributed by atoms with Crippen molar-refractivity contribution < 1.29 is 13.5 Å². The fourth-order valence-electron chi connectivity index (χ4n) is 4.50. The van der Waals surface area contributed by atoms with E-state index in [1.165, 1.54) is 19.2 Å². The van der Waals surface area contributed by atoms with Crippen molar-refractivity contribution >= 4 is 11.0 Å². The average molecular weight is 453 g/mol. The predicted molar refractivity (Wildman–Crippen MR) is 121 cm³/mol. The normalized spacial score (nSPS) is 15.4. The summed E-state index contributed by atoms with van der Waals surface area (Å²) in [6.07, 6.45) is 7.81. The highest BCUT2D eigenvalue weighted by Crippen LogP contribution is 2.30. The van der Waals surface area contributed by atoms with Crippen LogP contribution in [0.3, 0.4) is 0 Å². The maximum Gasteiger partial charge on any atom is 0.181 e. The van der Waals surface area contributed by atoms with E-state index in [0.29, 0.717) is 17.4 Å². The van der Waals surface area contributed by atoms with Crippen molar-refractivity contribution in [1.29, 1.82) is 0 Å². The molecule has 0 spiro atoms. The van der Waals surface area contributed by atoms with E-state index < -0.39 is 11.6 Å². The Hall–Kier alpha value is -3.33. The number of methoxy groups -OCH3 is 1. The number of aromatic nitrogens is 5. The molecular weight excluding hydrogens is 426 g/mol. The Kier molecular flexibility index (Phi) is 5.80. The zero-order valence-corrected chi connectivity index (χ0v) is 18.7. The summed E-state index contributed by atoms with van der Waals surface area (Å²) in [6.45, 7) is 5.44. The van der Waals surface area contributed by atoms with Crippen molar-refractivity contribution in [3.05, 3.63) is 59.7 Å². The van der Waals surface area contributed by atoms with Crippen LogP contribution in [0.1, 0.15) is 37.1 Å². The number of likely N-dealkylation sites (tertiary alicyclic amines) is 1. The zero-order valence-electron chi connectivity index (χ0n) is 18.7. The molecular formula is C24H26F2N6O. The van der Waals surface area contributed by atoms with Gasteiger partial charge in [0.25, 0.3) is 0 Å². The first kappa shape index (κ1) is 21.5. The minimum atomic E-state index is -0.709. The Morgan fingerprint density at radius 3 is 2.73 bits per heavy atom. The number of piperidine rings is 1. The molecule has 172 valence electrons. The van der Waals surface area contributed by atoms with Gasteiger partial charge in [-0.2, -0.15) is 10.2 Å². The fraction of sp³-hybridized carbons (Fsp3) is 0.375. The maximum absolute atomic E-state index is 14.7. The number of benzene rings is 1. The second-order valence-electron chi connectivity index (χ2n) is 8.39. The van der Waals surface area contributed by atoms with E-state index in [4.69, 9.17) is 4.74 Å². The number of fused-ring (bicyclic) bond motifs is 1. The summed E-state index contributed by atoms with van der Waals surface area (Å²) in [6, 6.07) is 4.82. The molecule has 1 aliphatic heterocycles. The molecule has 4 aromatic rings. The molecule has 0 bridgehead atoms. The largest absolute Gasteiger partial charge is 0.494 e. The summed E-state index contributed by atoms with van der Waals surface area (Å²) < 4.78 is 36.1. The van der Waals surface area contributed by atoms with E-state index in [0.717, 1.165) is 49.0 Å². The lowest BCUT2D eigenvalue weighted by Crippen LogP contribution is -2.34. The topological polar surface area (TPSA) is 71.9 Å². The number of nitrogens with zero attached hydrogens (tertiary/aromatic N) is 5. The first-order valence-electron chi connectivity index (χ1n) is 11.2. The molecule has 0 atom stereocenters. The molecule has 1 N–H and O–H groups in total. The second kappa shape index (κ2) is 8.90. The van der Waals surface area contributed by atoms with Crippen LogP contribution >= 0.6 is 0 Å². The Morgan fingerprint density at radius 1 is 1.15 bits per heavy atom. The van der Waals surface area contributed by atoms with Crippen LogP contribution in [-0.2, 0) is 6.42 Å². The van der Waals surface area contributed by atoms with Gasteiger partial charge in [-0.1, -0.05) is 6.92 Å². The van der Waals surface area contributed by atoms with E-state index in [9.17, 15) is 8.78 Å². The lowest BCUT2D eigenvalue weighted by Gasteiger charge is -2.31. The van der Waals surface area contributed by atoms with Crippen molar-refractivity contribution in [2.45, 2.75) is 32.2 Å². The average Bonchev–Trinajstić information content (AvgIpc) is 3.49. The third-order valence-corrected chi connectivity index (χ3v) is 6.53. The van der Waals surface area contributed by atoms with Gasteiger partial charge in [-0.25, -0.2) is 13.8 Å². The third kappa shape index (κ3) is 4.08. The van der Waals surface area contributed by atoms with Crippen LogP contribution in [0, 0.1) is 11.6 Å². The Morgan fingerprint density at radius 2 is 1.97 bits per heavy atom. The molecule has 1 saturated heterocycles. The van der Waals surface area contributed by atoms with Crippen molar-refractivity contribution in [2.24, 2.45) is 0 Å². The summed E-state index contributed by atoms with van der Waals surface area (Å²) in [4.78, 5) is 6.89. The summed E-state index contributed by atoms with van der Waals surface area (Å²) in [5.74, 6) is -1.33. The summed E-state index contributed by atoms with van der Waals surface area (Å²) in [5, 5.41) is 12.4. The van der Waals surface area contributed by atoms with Crippen molar-refractivity contribution in [2.75, 3.05) is 26.7 Å². The minimum Gasteiger partial charge on any atom is -0.494 e. The molecule has 0 unspecified atom stereocenters. The van der Waals surface area contributed by atoms with Gasteiger partial charge in [-0.15, -0.1) is 0 Å². The van der Waals surface area contributed by atoms with Crippen LogP contribution in [0.4, 0.5) is 8.78 Å². The van der Waals surface area contributed by atoms with E-state index in [1.807, 2.05) is 16.9 Å². The molecule has 0 radical (unpaired) electrons. The Bertz CT molecular complexity index is 1280. The Labute approximate surface area is 190 Å². The highest BCUT2D eigenvalue weighted by molar-refractivity contribution is 5.83.